The summed E-state index contributed by atoms with van der Waals surface area (Å²) in [7, 11) is 0. The number of hydrogen-bond acceptors (Lipinski definition) is 4. The van der Waals surface area contributed by atoms with Crippen LogP contribution in [0.3, 0.4) is 0 Å². The second kappa shape index (κ2) is 8.61. The smallest absolute Gasteiger partial charge is 0.261 e. The van der Waals surface area contributed by atoms with Crippen molar-refractivity contribution in [3.8, 4) is 0 Å². The van der Waals surface area contributed by atoms with Crippen LogP contribution in [0, 0.1) is 6.92 Å². The molecule has 2 aromatic heterocycles. The molecule has 6 nitrogen and oxygen atoms in total. The standard InChI is InChI=1S/C20H23ClN4O2S/c1-14-16-12-18(19(26)22-6-7-24-8-10-27-11-9-24)28-20(16)25(23-14)13-15-4-2-3-5-17(15)21/h2-5,12H,6-11,13H2,1H3,(H,22,26)/p+1. The Labute approximate surface area is 173 Å². The second-order valence-corrected chi connectivity index (χ2v) is 8.47. The van der Waals surface area contributed by atoms with Gasteiger partial charge >= 0.3 is 0 Å². The van der Waals surface area contributed by atoms with Gasteiger partial charge in [0.25, 0.3) is 5.91 Å². The van der Waals surface area contributed by atoms with Crippen molar-refractivity contribution in [2.24, 2.45) is 0 Å². The van der Waals surface area contributed by atoms with E-state index >= 15 is 0 Å². The van der Waals surface area contributed by atoms with E-state index in [-0.39, 0.29) is 5.91 Å². The summed E-state index contributed by atoms with van der Waals surface area (Å²) in [6.45, 7) is 7.80. The Hall–Kier alpha value is -1.93. The minimum Gasteiger partial charge on any atom is -0.370 e. The van der Waals surface area contributed by atoms with Gasteiger partial charge in [0.1, 0.15) is 17.9 Å². The van der Waals surface area contributed by atoms with Crippen molar-refractivity contribution >= 4 is 39.1 Å². The Morgan fingerprint density at radius 1 is 1.36 bits per heavy atom. The van der Waals surface area contributed by atoms with Crippen molar-refractivity contribution in [3.05, 3.63) is 51.5 Å². The number of fused-ring (bicyclic) bond motifs is 1. The van der Waals surface area contributed by atoms with Crippen LogP contribution in [0.5, 0.6) is 0 Å². The molecule has 1 aliphatic heterocycles. The highest BCUT2D eigenvalue weighted by Crippen LogP contribution is 2.29. The number of nitrogens with zero attached hydrogens (tertiary/aromatic N) is 2. The Bertz CT molecular complexity index is 978. The van der Waals surface area contributed by atoms with Crippen molar-refractivity contribution in [2.45, 2.75) is 13.5 Å². The zero-order chi connectivity index (χ0) is 19.5. The maximum atomic E-state index is 12.6. The van der Waals surface area contributed by atoms with Crippen LogP contribution in [0.4, 0.5) is 0 Å². The Balaban J connectivity index is 1.45. The molecule has 0 bridgehead atoms. The SMILES string of the molecule is Cc1nn(Cc2ccccc2Cl)c2sc(C(=O)NCC[NH+]3CCOCC3)cc12. The van der Waals surface area contributed by atoms with E-state index in [4.69, 9.17) is 16.3 Å². The molecule has 1 aromatic carbocycles. The molecule has 8 heteroatoms. The number of benzene rings is 1. The van der Waals surface area contributed by atoms with Gasteiger partial charge in [-0.25, -0.2) is 0 Å². The number of carbonyl (C=O) groups excluding carboxylic acids is 1. The van der Waals surface area contributed by atoms with Crippen LogP contribution in [0.15, 0.2) is 30.3 Å². The fraction of sp³-hybridized carbons (Fsp3) is 0.400. The second-order valence-electron chi connectivity index (χ2n) is 7.03. The lowest BCUT2D eigenvalue weighted by molar-refractivity contribution is -0.906. The molecule has 1 saturated heterocycles. The molecule has 1 fully saturated rings. The lowest BCUT2D eigenvalue weighted by Gasteiger charge is -2.23. The van der Waals surface area contributed by atoms with Crippen LogP contribution in [-0.2, 0) is 11.3 Å². The lowest BCUT2D eigenvalue weighted by Crippen LogP contribution is -3.14. The van der Waals surface area contributed by atoms with Crippen LogP contribution in [-0.4, -0.2) is 55.1 Å². The maximum absolute atomic E-state index is 12.6. The number of aromatic nitrogens is 2. The number of quaternary nitrogens is 1. The first-order valence-electron chi connectivity index (χ1n) is 9.51. The predicted octanol–water partition coefficient (Wildman–Crippen LogP) is 1.75. The lowest BCUT2D eigenvalue weighted by atomic mass is 10.2. The molecule has 1 aliphatic rings. The quantitative estimate of drug-likeness (QED) is 0.640. The molecule has 4 rings (SSSR count). The van der Waals surface area contributed by atoms with Crippen molar-refractivity contribution in [1.82, 2.24) is 15.1 Å². The third-order valence-corrected chi connectivity index (χ3v) is 6.59. The molecule has 0 aliphatic carbocycles. The highest BCUT2D eigenvalue weighted by molar-refractivity contribution is 7.20. The molecular weight excluding hydrogens is 396 g/mol. The summed E-state index contributed by atoms with van der Waals surface area (Å²) in [5.74, 6) is -0.0162. The summed E-state index contributed by atoms with van der Waals surface area (Å²) in [5, 5.41) is 9.44. The van der Waals surface area contributed by atoms with E-state index in [2.05, 4.69) is 10.4 Å². The zero-order valence-corrected chi connectivity index (χ0v) is 17.4. The fourth-order valence-electron chi connectivity index (χ4n) is 3.47. The van der Waals surface area contributed by atoms with Crippen LogP contribution in [0.25, 0.3) is 10.2 Å². The van der Waals surface area contributed by atoms with E-state index in [0.29, 0.717) is 13.1 Å². The van der Waals surface area contributed by atoms with Crippen molar-refractivity contribution < 1.29 is 14.4 Å². The molecule has 1 amide bonds. The first-order chi connectivity index (χ1) is 13.6. The highest BCUT2D eigenvalue weighted by Gasteiger charge is 2.18. The summed E-state index contributed by atoms with van der Waals surface area (Å²) in [5.41, 5.74) is 1.94. The van der Waals surface area contributed by atoms with E-state index in [1.54, 1.807) is 0 Å². The van der Waals surface area contributed by atoms with Crippen molar-refractivity contribution in [3.63, 3.8) is 0 Å². The third kappa shape index (κ3) is 4.22. The molecule has 0 atom stereocenters. The van der Waals surface area contributed by atoms with Crippen molar-refractivity contribution in [1.29, 1.82) is 0 Å². The average molecular weight is 420 g/mol. The number of rotatable bonds is 6. The Morgan fingerprint density at radius 3 is 2.93 bits per heavy atom. The molecule has 3 heterocycles. The summed E-state index contributed by atoms with van der Waals surface area (Å²) >= 11 is 7.78. The number of amides is 1. The number of nitrogens with one attached hydrogen (secondary N) is 2. The molecule has 0 spiro atoms. The van der Waals surface area contributed by atoms with Crippen LogP contribution in [0.2, 0.25) is 5.02 Å². The summed E-state index contributed by atoms with van der Waals surface area (Å²) in [6, 6.07) is 9.72. The van der Waals surface area contributed by atoms with Gasteiger partial charge in [0, 0.05) is 10.4 Å². The van der Waals surface area contributed by atoms with Gasteiger partial charge in [0.15, 0.2) is 0 Å². The van der Waals surface area contributed by atoms with Crippen LogP contribution >= 0.6 is 22.9 Å². The van der Waals surface area contributed by atoms with Crippen LogP contribution < -0.4 is 10.2 Å². The molecule has 148 valence electrons. The van der Waals surface area contributed by atoms with Crippen molar-refractivity contribution in [2.75, 3.05) is 39.4 Å². The number of morpholine rings is 1. The monoisotopic (exact) mass is 419 g/mol. The van der Waals surface area contributed by atoms with Gasteiger partial charge in [0.05, 0.1) is 43.4 Å². The van der Waals surface area contributed by atoms with Gasteiger partial charge in [0.2, 0.25) is 0 Å². The number of hydrogen-bond donors (Lipinski definition) is 2. The first kappa shape index (κ1) is 19.4. The van der Waals surface area contributed by atoms with E-state index < -0.39 is 0 Å². The van der Waals surface area contributed by atoms with Gasteiger partial charge < -0.3 is 15.0 Å². The van der Waals surface area contributed by atoms with Gasteiger partial charge in [-0.15, -0.1) is 11.3 Å². The zero-order valence-electron chi connectivity index (χ0n) is 15.8. The third-order valence-electron chi connectivity index (χ3n) is 5.07. The number of aryl methyl sites for hydroxylation is 1. The molecule has 0 radical (unpaired) electrons. The van der Waals surface area contributed by atoms with Gasteiger partial charge in [-0.3, -0.25) is 9.48 Å². The van der Waals surface area contributed by atoms with E-state index in [0.717, 1.165) is 64.2 Å². The van der Waals surface area contributed by atoms with Gasteiger partial charge in [-0.05, 0) is 24.6 Å². The highest BCUT2D eigenvalue weighted by atomic mass is 35.5. The number of halogens is 1. The largest absolute Gasteiger partial charge is 0.370 e. The summed E-state index contributed by atoms with van der Waals surface area (Å²) < 4.78 is 7.31. The first-order valence-corrected chi connectivity index (χ1v) is 10.7. The maximum Gasteiger partial charge on any atom is 0.261 e. The Morgan fingerprint density at radius 2 is 2.14 bits per heavy atom. The van der Waals surface area contributed by atoms with E-state index in [1.165, 1.54) is 16.2 Å². The van der Waals surface area contributed by atoms with Gasteiger partial charge in [-0.2, -0.15) is 5.10 Å². The topological polar surface area (TPSA) is 60.6 Å². The molecule has 3 aromatic rings. The summed E-state index contributed by atoms with van der Waals surface area (Å²) in [6.07, 6.45) is 0. The predicted molar refractivity (Wildman–Crippen MR) is 112 cm³/mol. The number of thiophene rings is 1. The molecule has 2 N–H and O–H groups in total. The Kier molecular flexibility index (Phi) is 5.96. The fourth-order valence-corrected chi connectivity index (χ4v) is 4.74. The molecule has 0 unspecified atom stereocenters. The van der Waals surface area contributed by atoms with E-state index in [9.17, 15) is 4.79 Å². The molecule has 0 saturated carbocycles. The normalized spacial score (nSPS) is 15.2. The van der Waals surface area contributed by atoms with E-state index in [1.807, 2.05) is 41.9 Å². The van der Waals surface area contributed by atoms with Gasteiger partial charge in [-0.1, -0.05) is 29.8 Å². The average Bonchev–Trinajstić information content (AvgIpc) is 3.26. The van der Waals surface area contributed by atoms with Crippen LogP contribution in [0.1, 0.15) is 20.9 Å². The molecular formula is C20H24ClN4O2S+. The molecule has 28 heavy (non-hydrogen) atoms. The number of carbonyl (C=O) groups is 1. The number of ether oxygens (including phenoxy) is 1. The summed E-state index contributed by atoms with van der Waals surface area (Å²) in [4.78, 5) is 15.8. The minimum atomic E-state index is -0.0162. The minimum absolute atomic E-state index is 0.0162.